The van der Waals surface area contributed by atoms with Crippen LogP contribution in [0.15, 0.2) is 48.8 Å². The number of carbonyl (C=O) groups is 2. The van der Waals surface area contributed by atoms with Crippen LogP contribution in [0.5, 0.6) is 5.75 Å². The monoisotopic (exact) mass is 435 g/mol. The number of methoxy groups -OCH3 is 1. The summed E-state index contributed by atoms with van der Waals surface area (Å²) in [6.45, 7) is 4.38. The second kappa shape index (κ2) is 9.82. The SMILES string of the molecule is COc1ccc(CN2CCNC(=O)[C@@H]2CC(=O)NCCc2cn3ccccc3n2)cc1C. The number of pyridine rings is 1. The standard InChI is InChI=1S/C24H29N5O3/c1-17-13-18(6-7-21(17)32-2)15-28-12-10-26-24(31)20(28)14-23(30)25-9-8-19-16-29-11-4-3-5-22(29)27-19/h3-7,11,13,16,20H,8-10,12,14-15H2,1-2H3,(H,25,30)(H,26,31)/t20-/m0/s1. The number of aryl methyl sites for hydroxylation is 1. The molecule has 168 valence electrons. The Kier molecular flexibility index (Phi) is 6.70. The Hall–Kier alpha value is -3.39. The van der Waals surface area contributed by atoms with E-state index in [-0.39, 0.29) is 18.2 Å². The van der Waals surface area contributed by atoms with Crippen LogP contribution in [-0.2, 0) is 22.6 Å². The van der Waals surface area contributed by atoms with Gasteiger partial charge in [-0.25, -0.2) is 4.98 Å². The lowest BCUT2D eigenvalue weighted by molar-refractivity contribution is -0.134. The van der Waals surface area contributed by atoms with Gasteiger partial charge in [-0.2, -0.15) is 0 Å². The quantitative estimate of drug-likeness (QED) is 0.562. The van der Waals surface area contributed by atoms with E-state index < -0.39 is 6.04 Å². The first-order valence-corrected chi connectivity index (χ1v) is 10.9. The van der Waals surface area contributed by atoms with Crippen molar-refractivity contribution in [2.24, 2.45) is 0 Å². The lowest BCUT2D eigenvalue weighted by Crippen LogP contribution is -2.56. The molecule has 32 heavy (non-hydrogen) atoms. The summed E-state index contributed by atoms with van der Waals surface area (Å²) >= 11 is 0. The van der Waals surface area contributed by atoms with Gasteiger partial charge in [-0.3, -0.25) is 14.5 Å². The molecule has 1 fully saturated rings. The fourth-order valence-electron chi connectivity index (χ4n) is 4.13. The van der Waals surface area contributed by atoms with Gasteiger partial charge in [-0.05, 0) is 36.2 Å². The van der Waals surface area contributed by atoms with Crippen LogP contribution in [0, 0.1) is 6.92 Å². The lowest BCUT2D eigenvalue weighted by atomic mass is 10.1. The number of rotatable bonds is 8. The third-order valence-corrected chi connectivity index (χ3v) is 5.78. The molecule has 1 atom stereocenters. The summed E-state index contributed by atoms with van der Waals surface area (Å²) in [5.74, 6) is 0.607. The smallest absolute Gasteiger partial charge is 0.237 e. The van der Waals surface area contributed by atoms with Crippen molar-refractivity contribution in [3.05, 3.63) is 65.6 Å². The number of ether oxygens (including phenoxy) is 1. The number of nitrogens with zero attached hydrogens (tertiary/aromatic N) is 3. The average molecular weight is 436 g/mol. The molecule has 0 aliphatic carbocycles. The summed E-state index contributed by atoms with van der Waals surface area (Å²) in [4.78, 5) is 31.7. The summed E-state index contributed by atoms with van der Waals surface area (Å²) in [6, 6.07) is 11.4. The number of carbonyl (C=O) groups excluding carboxylic acids is 2. The molecule has 0 unspecified atom stereocenters. The van der Waals surface area contributed by atoms with Crippen LogP contribution in [0.4, 0.5) is 0 Å². The molecule has 1 aliphatic rings. The minimum atomic E-state index is -0.485. The highest BCUT2D eigenvalue weighted by atomic mass is 16.5. The van der Waals surface area contributed by atoms with E-state index >= 15 is 0 Å². The Bertz CT molecular complexity index is 1080. The summed E-state index contributed by atoms with van der Waals surface area (Å²) in [6.07, 6.45) is 4.69. The predicted molar refractivity (Wildman–Crippen MR) is 121 cm³/mol. The Labute approximate surface area is 187 Å². The van der Waals surface area contributed by atoms with Gasteiger partial charge in [0.25, 0.3) is 0 Å². The molecule has 8 heteroatoms. The van der Waals surface area contributed by atoms with E-state index in [1.165, 1.54) is 0 Å². The lowest BCUT2D eigenvalue weighted by Gasteiger charge is -2.34. The highest BCUT2D eigenvalue weighted by molar-refractivity contribution is 5.88. The minimum Gasteiger partial charge on any atom is -0.496 e. The maximum Gasteiger partial charge on any atom is 0.237 e. The highest BCUT2D eigenvalue weighted by Gasteiger charge is 2.31. The van der Waals surface area contributed by atoms with Crippen molar-refractivity contribution in [2.75, 3.05) is 26.7 Å². The maximum atomic E-state index is 12.6. The normalized spacial score (nSPS) is 16.7. The van der Waals surface area contributed by atoms with Crippen LogP contribution in [-0.4, -0.2) is 58.9 Å². The van der Waals surface area contributed by atoms with Crippen molar-refractivity contribution in [1.29, 1.82) is 0 Å². The molecule has 0 spiro atoms. The van der Waals surface area contributed by atoms with Gasteiger partial charge in [0.2, 0.25) is 11.8 Å². The molecule has 2 N–H and O–H groups in total. The molecule has 4 rings (SSSR count). The molecule has 1 aliphatic heterocycles. The van der Waals surface area contributed by atoms with E-state index in [1.54, 1.807) is 7.11 Å². The van der Waals surface area contributed by atoms with E-state index in [0.717, 1.165) is 28.2 Å². The van der Waals surface area contributed by atoms with Crippen molar-refractivity contribution in [1.82, 2.24) is 24.9 Å². The molecule has 2 amide bonds. The first kappa shape index (κ1) is 21.8. The van der Waals surface area contributed by atoms with Crippen LogP contribution in [0.25, 0.3) is 5.65 Å². The zero-order valence-electron chi connectivity index (χ0n) is 18.5. The van der Waals surface area contributed by atoms with Crippen molar-refractivity contribution >= 4 is 17.5 Å². The molecular formula is C24H29N5O3. The van der Waals surface area contributed by atoms with E-state index in [9.17, 15) is 9.59 Å². The van der Waals surface area contributed by atoms with Gasteiger partial charge in [-0.15, -0.1) is 0 Å². The maximum absolute atomic E-state index is 12.6. The number of nitrogens with one attached hydrogen (secondary N) is 2. The van der Waals surface area contributed by atoms with Crippen LogP contribution in [0.3, 0.4) is 0 Å². The van der Waals surface area contributed by atoms with Crippen LogP contribution < -0.4 is 15.4 Å². The minimum absolute atomic E-state index is 0.100. The first-order chi connectivity index (χ1) is 15.5. The number of imidazole rings is 1. The molecule has 0 radical (unpaired) electrons. The van der Waals surface area contributed by atoms with Gasteiger partial charge in [0.15, 0.2) is 0 Å². The summed E-state index contributed by atoms with van der Waals surface area (Å²) in [5, 5.41) is 5.83. The molecule has 3 heterocycles. The van der Waals surface area contributed by atoms with Gasteiger partial charge in [-0.1, -0.05) is 18.2 Å². The fourth-order valence-corrected chi connectivity index (χ4v) is 4.13. The first-order valence-electron chi connectivity index (χ1n) is 10.9. The Morgan fingerprint density at radius 2 is 2.19 bits per heavy atom. The number of aromatic nitrogens is 2. The fraction of sp³-hybridized carbons (Fsp3) is 0.375. The van der Waals surface area contributed by atoms with Crippen molar-refractivity contribution in [3.8, 4) is 5.75 Å². The molecule has 2 aromatic heterocycles. The van der Waals surface area contributed by atoms with E-state index in [1.807, 2.05) is 54.0 Å². The Morgan fingerprint density at radius 1 is 1.31 bits per heavy atom. The van der Waals surface area contributed by atoms with Gasteiger partial charge < -0.3 is 19.8 Å². The third kappa shape index (κ3) is 5.08. The number of hydrogen-bond donors (Lipinski definition) is 2. The van der Waals surface area contributed by atoms with Gasteiger partial charge >= 0.3 is 0 Å². The van der Waals surface area contributed by atoms with Crippen molar-refractivity contribution < 1.29 is 14.3 Å². The molecule has 1 aromatic carbocycles. The summed E-state index contributed by atoms with van der Waals surface area (Å²) in [5.41, 5.74) is 3.95. The van der Waals surface area contributed by atoms with Gasteiger partial charge in [0.1, 0.15) is 11.4 Å². The van der Waals surface area contributed by atoms with Crippen molar-refractivity contribution in [3.63, 3.8) is 0 Å². The van der Waals surface area contributed by atoms with Crippen LogP contribution >= 0.6 is 0 Å². The molecule has 1 saturated heterocycles. The Morgan fingerprint density at radius 3 is 2.97 bits per heavy atom. The second-order valence-corrected chi connectivity index (χ2v) is 8.08. The zero-order valence-corrected chi connectivity index (χ0v) is 18.5. The van der Waals surface area contributed by atoms with E-state index in [0.29, 0.717) is 32.6 Å². The van der Waals surface area contributed by atoms with Crippen LogP contribution in [0.1, 0.15) is 23.2 Å². The third-order valence-electron chi connectivity index (χ3n) is 5.78. The molecular weight excluding hydrogens is 406 g/mol. The van der Waals surface area contributed by atoms with Crippen LogP contribution in [0.2, 0.25) is 0 Å². The molecule has 8 nitrogen and oxygen atoms in total. The number of hydrogen-bond acceptors (Lipinski definition) is 5. The van der Waals surface area contributed by atoms with Crippen molar-refractivity contribution in [2.45, 2.75) is 32.4 Å². The number of fused-ring (bicyclic) bond motifs is 1. The highest BCUT2D eigenvalue weighted by Crippen LogP contribution is 2.21. The van der Waals surface area contributed by atoms with Gasteiger partial charge in [0.05, 0.1) is 25.3 Å². The summed E-state index contributed by atoms with van der Waals surface area (Å²) < 4.78 is 7.29. The number of piperazine rings is 1. The predicted octanol–water partition coefficient (Wildman–Crippen LogP) is 1.70. The molecule has 3 aromatic rings. The average Bonchev–Trinajstić information content (AvgIpc) is 3.19. The van der Waals surface area contributed by atoms with Gasteiger partial charge in [0, 0.05) is 45.0 Å². The zero-order chi connectivity index (χ0) is 22.5. The Balaban J connectivity index is 1.33. The topological polar surface area (TPSA) is 88.0 Å². The molecule has 0 saturated carbocycles. The molecule has 0 bridgehead atoms. The van der Waals surface area contributed by atoms with E-state index in [4.69, 9.17) is 4.74 Å². The van der Waals surface area contributed by atoms with E-state index in [2.05, 4.69) is 26.6 Å². The number of amides is 2. The largest absolute Gasteiger partial charge is 0.496 e. The number of benzene rings is 1. The second-order valence-electron chi connectivity index (χ2n) is 8.08. The summed E-state index contributed by atoms with van der Waals surface area (Å²) in [7, 11) is 1.65.